The van der Waals surface area contributed by atoms with Gasteiger partial charge in [-0.25, -0.2) is 9.82 Å². The van der Waals surface area contributed by atoms with Crippen LogP contribution in [0.1, 0.15) is 5.56 Å². The van der Waals surface area contributed by atoms with Gasteiger partial charge < -0.3 is 4.74 Å². The van der Waals surface area contributed by atoms with Crippen LogP contribution in [-0.4, -0.2) is 18.7 Å². The number of benzene rings is 2. The summed E-state index contributed by atoms with van der Waals surface area (Å²) in [6, 6.07) is 11.3. The first-order valence-corrected chi connectivity index (χ1v) is 7.37. The lowest BCUT2D eigenvalue weighted by Crippen LogP contribution is -2.24. The Kier molecular flexibility index (Phi) is 5.91. The van der Waals surface area contributed by atoms with Gasteiger partial charge in [0.2, 0.25) is 0 Å². The maximum atomic E-state index is 13.5. The second kappa shape index (κ2) is 7.91. The first kappa shape index (κ1) is 16.5. The molecule has 0 aliphatic heterocycles. The van der Waals surface area contributed by atoms with Crippen LogP contribution in [0.3, 0.4) is 0 Å². The zero-order valence-electron chi connectivity index (χ0n) is 11.2. The fourth-order valence-corrected chi connectivity index (χ4v) is 1.99. The van der Waals surface area contributed by atoms with E-state index in [9.17, 15) is 9.18 Å². The lowest BCUT2D eigenvalue weighted by Gasteiger charge is -2.05. The van der Waals surface area contributed by atoms with Crippen molar-refractivity contribution in [2.24, 2.45) is 5.10 Å². The Balaban J connectivity index is 1.85. The highest BCUT2D eigenvalue weighted by Crippen LogP contribution is 2.17. The van der Waals surface area contributed by atoms with E-state index in [1.165, 1.54) is 18.2 Å². The molecule has 1 amide bonds. The maximum Gasteiger partial charge on any atom is 0.277 e. The van der Waals surface area contributed by atoms with Gasteiger partial charge in [-0.1, -0.05) is 33.6 Å². The molecule has 114 valence electrons. The molecular formula is C15H11BrClFN2O2. The highest BCUT2D eigenvalue weighted by Gasteiger charge is 2.05. The Hall–Kier alpha value is -1.92. The lowest BCUT2D eigenvalue weighted by atomic mass is 10.2. The predicted octanol–water partition coefficient (Wildman–Crippen LogP) is 3.77. The van der Waals surface area contributed by atoms with Gasteiger partial charge in [-0.15, -0.1) is 0 Å². The van der Waals surface area contributed by atoms with Gasteiger partial charge in [0, 0.05) is 10.0 Å². The smallest absolute Gasteiger partial charge is 0.277 e. The third-order valence-corrected chi connectivity index (χ3v) is 3.42. The predicted molar refractivity (Wildman–Crippen MR) is 86.8 cm³/mol. The third-order valence-electron chi connectivity index (χ3n) is 2.57. The fraction of sp³-hybridized carbons (Fsp3) is 0.0667. The second-order valence-corrected chi connectivity index (χ2v) is 5.49. The molecule has 0 saturated carbocycles. The van der Waals surface area contributed by atoms with Crippen molar-refractivity contribution < 1.29 is 13.9 Å². The Labute approximate surface area is 140 Å². The lowest BCUT2D eigenvalue weighted by molar-refractivity contribution is -0.123. The molecule has 0 bridgehead atoms. The van der Waals surface area contributed by atoms with Crippen LogP contribution < -0.4 is 10.2 Å². The number of hydrogen-bond acceptors (Lipinski definition) is 3. The Morgan fingerprint density at radius 2 is 2.05 bits per heavy atom. The molecule has 0 aromatic heterocycles. The molecule has 0 aliphatic rings. The van der Waals surface area contributed by atoms with Gasteiger partial charge in [-0.2, -0.15) is 5.10 Å². The molecule has 0 heterocycles. The zero-order chi connectivity index (χ0) is 15.9. The minimum Gasteiger partial charge on any atom is -0.484 e. The number of ether oxygens (including phenoxy) is 1. The van der Waals surface area contributed by atoms with Crippen LogP contribution in [0.25, 0.3) is 0 Å². The van der Waals surface area contributed by atoms with Crippen molar-refractivity contribution in [1.29, 1.82) is 0 Å². The summed E-state index contributed by atoms with van der Waals surface area (Å²) in [6.07, 6.45) is 1.15. The maximum absolute atomic E-state index is 13.5. The van der Waals surface area contributed by atoms with Gasteiger partial charge in [-0.3, -0.25) is 4.79 Å². The standard InChI is InChI=1S/C15H11BrClFN2O2/c16-10-4-6-11(7-5-10)22-9-15(21)20-19-8-12-13(17)2-1-3-14(12)18/h1-8H,9H2,(H,20,21)/b19-8-. The normalized spacial score (nSPS) is 10.7. The van der Waals surface area contributed by atoms with Crippen LogP contribution in [0.5, 0.6) is 5.75 Å². The number of halogens is 3. The molecule has 0 radical (unpaired) electrons. The number of rotatable bonds is 5. The second-order valence-electron chi connectivity index (χ2n) is 4.17. The number of hydrazone groups is 1. The van der Waals surface area contributed by atoms with Crippen LogP contribution in [0.15, 0.2) is 52.0 Å². The van der Waals surface area contributed by atoms with E-state index in [0.29, 0.717) is 5.75 Å². The fourth-order valence-electron chi connectivity index (χ4n) is 1.51. The van der Waals surface area contributed by atoms with E-state index in [1.807, 2.05) is 0 Å². The quantitative estimate of drug-likeness (QED) is 0.629. The highest BCUT2D eigenvalue weighted by molar-refractivity contribution is 9.10. The first-order valence-electron chi connectivity index (χ1n) is 6.20. The molecule has 0 spiro atoms. The number of amides is 1. The highest BCUT2D eigenvalue weighted by atomic mass is 79.9. The average molecular weight is 386 g/mol. The van der Waals surface area contributed by atoms with E-state index in [0.717, 1.165) is 10.7 Å². The molecule has 0 fully saturated rings. The Bertz CT molecular complexity index is 672. The van der Waals surface area contributed by atoms with Gasteiger partial charge in [0.25, 0.3) is 5.91 Å². The summed E-state index contributed by atoms with van der Waals surface area (Å²) in [4.78, 5) is 11.6. The van der Waals surface area contributed by atoms with E-state index < -0.39 is 11.7 Å². The van der Waals surface area contributed by atoms with E-state index in [-0.39, 0.29) is 17.2 Å². The molecule has 0 aliphatic carbocycles. The van der Waals surface area contributed by atoms with Crippen molar-refractivity contribution in [3.05, 3.63) is 63.3 Å². The summed E-state index contributed by atoms with van der Waals surface area (Å²) in [5.41, 5.74) is 2.35. The van der Waals surface area contributed by atoms with Crippen LogP contribution in [0.2, 0.25) is 5.02 Å². The number of hydrogen-bond donors (Lipinski definition) is 1. The number of carbonyl (C=O) groups is 1. The molecule has 4 nitrogen and oxygen atoms in total. The van der Waals surface area contributed by atoms with Crippen LogP contribution >= 0.6 is 27.5 Å². The van der Waals surface area contributed by atoms with Crippen molar-refractivity contribution in [3.63, 3.8) is 0 Å². The van der Waals surface area contributed by atoms with E-state index in [2.05, 4.69) is 26.5 Å². The molecule has 2 rings (SSSR count). The SMILES string of the molecule is O=C(COc1ccc(Br)cc1)N/N=C\c1c(F)cccc1Cl. The van der Waals surface area contributed by atoms with Crippen LogP contribution in [0, 0.1) is 5.82 Å². The van der Waals surface area contributed by atoms with Crippen molar-refractivity contribution in [2.45, 2.75) is 0 Å². The summed E-state index contributed by atoms with van der Waals surface area (Å²) in [6.45, 7) is -0.204. The summed E-state index contributed by atoms with van der Waals surface area (Å²) < 4.78 is 19.6. The average Bonchev–Trinajstić information content (AvgIpc) is 2.50. The summed E-state index contributed by atoms with van der Waals surface area (Å²) in [5.74, 6) is -0.428. The monoisotopic (exact) mass is 384 g/mol. The largest absolute Gasteiger partial charge is 0.484 e. The minimum atomic E-state index is -0.517. The first-order chi connectivity index (χ1) is 10.6. The van der Waals surface area contributed by atoms with Gasteiger partial charge in [0.05, 0.1) is 11.2 Å². The number of carbonyl (C=O) groups excluding carboxylic acids is 1. The van der Waals surface area contributed by atoms with Crippen molar-refractivity contribution >= 4 is 39.7 Å². The Morgan fingerprint density at radius 3 is 2.73 bits per heavy atom. The summed E-state index contributed by atoms with van der Waals surface area (Å²) in [5, 5.41) is 3.87. The molecule has 1 N–H and O–H groups in total. The van der Waals surface area contributed by atoms with Gasteiger partial charge in [0.15, 0.2) is 6.61 Å². The molecule has 7 heteroatoms. The topological polar surface area (TPSA) is 50.7 Å². The van der Waals surface area contributed by atoms with E-state index >= 15 is 0 Å². The molecule has 0 unspecified atom stereocenters. The van der Waals surface area contributed by atoms with Crippen molar-refractivity contribution in [2.75, 3.05) is 6.61 Å². The summed E-state index contributed by atoms with van der Waals surface area (Å²) in [7, 11) is 0. The van der Waals surface area contributed by atoms with E-state index in [4.69, 9.17) is 16.3 Å². The molecule has 22 heavy (non-hydrogen) atoms. The Morgan fingerprint density at radius 1 is 1.32 bits per heavy atom. The molecule has 2 aromatic carbocycles. The minimum absolute atomic E-state index is 0.110. The number of nitrogens with one attached hydrogen (secondary N) is 1. The molecule has 2 aromatic rings. The number of nitrogens with zero attached hydrogens (tertiary/aromatic N) is 1. The van der Waals surface area contributed by atoms with Crippen molar-refractivity contribution in [3.8, 4) is 5.75 Å². The van der Waals surface area contributed by atoms with Gasteiger partial charge in [-0.05, 0) is 36.4 Å². The third kappa shape index (κ3) is 4.82. The van der Waals surface area contributed by atoms with Crippen molar-refractivity contribution in [1.82, 2.24) is 5.43 Å². The molecular weight excluding hydrogens is 375 g/mol. The van der Waals surface area contributed by atoms with Gasteiger partial charge in [0.1, 0.15) is 11.6 Å². The van der Waals surface area contributed by atoms with Crippen LogP contribution in [0.4, 0.5) is 4.39 Å². The molecule has 0 saturated heterocycles. The van der Waals surface area contributed by atoms with Crippen LogP contribution in [-0.2, 0) is 4.79 Å². The molecule has 0 atom stereocenters. The van der Waals surface area contributed by atoms with Gasteiger partial charge >= 0.3 is 0 Å². The summed E-state index contributed by atoms with van der Waals surface area (Å²) >= 11 is 9.12. The zero-order valence-corrected chi connectivity index (χ0v) is 13.6. The van der Waals surface area contributed by atoms with E-state index in [1.54, 1.807) is 24.3 Å².